The molecule has 0 aliphatic carbocycles. The number of benzene rings is 2. The lowest BCUT2D eigenvalue weighted by Crippen LogP contribution is -2.50. The highest BCUT2D eigenvalue weighted by Gasteiger charge is 2.23. The molecule has 2 aromatic carbocycles. The van der Waals surface area contributed by atoms with Crippen LogP contribution in [0, 0.1) is 11.3 Å². The number of carbonyl (C=O) groups is 1. The third-order valence-electron chi connectivity index (χ3n) is 4.11. The van der Waals surface area contributed by atoms with Crippen molar-refractivity contribution >= 4 is 40.6 Å². The number of hydrogen-bond donors (Lipinski definition) is 1. The lowest BCUT2D eigenvalue weighted by Gasteiger charge is -2.36. The van der Waals surface area contributed by atoms with E-state index >= 15 is 0 Å². The zero-order valence-electron chi connectivity index (χ0n) is 13.4. The van der Waals surface area contributed by atoms with Gasteiger partial charge in [0.05, 0.1) is 22.0 Å². The van der Waals surface area contributed by atoms with Gasteiger partial charge < -0.3 is 15.1 Å². The summed E-state index contributed by atoms with van der Waals surface area (Å²) in [4.78, 5) is 16.3. The van der Waals surface area contributed by atoms with Crippen molar-refractivity contribution in [2.75, 3.05) is 36.4 Å². The van der Waals surface area contributed by atoms with E-state index in [1.807, 2.05) is 6.07 Å². The first-order chi connectivity index (χ1) is 12.1. The van der Waals surface area contributed by atoms with Crippen molar-refractivity contribution in [3.05, 3.63) is 58.1 Å². The minimum Gasteiger partial charge on any atom is -0.367 e. The fourth-order valence-electron chi connectivity index (χ4n) is 2.77. The summed E-state index contributed by atoms with van der Waals surface area (Å²) in [7, 11) is 0. The van der Waals surface area contributed by atoms with E-state index in [4.69, 9.17) is 28.5 Å². The molecule has 1 fully saturated rings. The molecule has 3 rings (SSSR count). The van der Waals surface area contributed by atoms with Crippen LogP contribution in [-0.4, -0.2) is 37.1 Å². The number of halogens is 2. The molecule has 0 atom stereocenters. The van der Waals surface area contributed by atoms with Crippen molar-refractivity contribution in [3.63, 3.8) is 0 Å². The summed E-state index contributed by atoms with van der Waals surface area (Å²) in [5.41, 5.74) is 1.89. The van der Waals surface area contributed by atoms with Gasteiger partial charge in [0.25, 0.3) is 0 Å². The van der Waals surface area contributed by atoms with Crippen LogP contribution in [0.4, 0.5) is 16.2 Å². The fourth-order valence-corrected chi connectivity index (χ4v) is 3.30. The predicted molar refractivity (Wildman–Crippen MR) is 100 cm³/mol. The van der Waals surface area contributed by atoms with Crippen molar-refractivity contribution in [1.29, 1.82) is 5.26 Å². The number of carbonyl (C=O) groups excluding carboxylic acids is 1. The molecule has 0 radical (unpaired) electrons. The van der Waals surface area contributed by atoms with Gasteiger partial charge in [-0.15, -0.1) is 0 Å². The van der Waals surface area contributed by atoms with Gasteiger partial charge in [-0.3, -0.25) is 0 Å². The second-order valence-electron chi connectivity index (χ2n) is 5.66. The number of nitrogens with zero attached hydrogens (tertiary/aromatic N) is 3. The third kappa shape index (κ3) is 3.98. The molecule has 1 aliphatic rings. The molecule has 1 N–H and O–H groups in total. The number of amides is 2. The Hall–Kier alpha value is -2.42. The number of nitriles is 1. The Kier molecular flexibility index (Phi) is 5.32. The van der Waals surface area contributed by atoms with Crippen molar-refractivity contribution < 1.29 is 4.79 Å². The van der Waals surface area contributed by atoms with Gasteiger partial charge in [0.15, 0.2) is 0 Å². The average molecular weight is 375 g/mol. The highest BCUT2D eigenvalue weighted by atomic mass is 35.5. The highest BCUT2D eigenvalue weighted by Crippen LogP contribution is 2.29. The molecule has 128 valence electrons. The molecule has 5 nitrogen and oxygen atoms in total. The summed E-state index contributed by atoms with van der Waals surface area (Å²) in [5.74, 6) is 0. The Bertz CT molecular complexity index is 826. The van der Waals surface area contributed by atoms with E-state index in [-0.39, 0.29) is 6.03 Å². The molecule has 7 heteroatoms. The molecule has 0 unspecified atom stereocenters. The molecule has 1 heterocycles. The second kappa shape index (κ2) is 7.64. The summed E-state index contributed by atoms with van der Waals surface area (Å²) in [6.45, 7) is 2.49. The summed E-state index contributed by atoms with van der Waals surface area (Å²) >= 11 is 12.2. The van der Waals surface area contributed by atoms with E-state index in [0.717, 1.165) is 5.69 Å². The quantitative estimate of drug-likeness (QED) is 0.855. The zero-order chi connectivity index (χ0) is 17.8. The summed E-state index contributed by atoms with van der Waals surface area (Å²) in [6, 6.07) is 14.2. The maximum atomic E-state index is 12.4. The number of para-hydroxylation sites is 1. The topological polar surface area (TPSA) is 59.4 Å². The molecule has 0 spiro atoms. The van der Waals surface area contributed by atoms with Gasteiger partial charge in [-0.05, 0) is 30.3 Å². The molecule has 25 heavy (non-hydrogen) atoms. The normalized spacial score (nSPS) is 14.1. The standard InChI is InChI=1S/C18H16Cl2N4O/c19-14-5-6-17(15(20)11-14)23-7-9-24(10-8-23)18(25)22-16-4-2-1-3-13(16)12-21/h1-6,11H,7-10H2,(H,22,25). The van der Waals surface area contributed by atoms with E-state index in [0.29, 0.717) is 47.5 Å². The van der Waals surface area contributed by atoms with Crippen molar-refractivity contribution in [2.45, 2.75) is 0 Å². The van der Waals surface area contributed by atoms with Gasteiger partial charge in [0, 0.05) is 31.2 Å². The molecular weight excluding hydrogens is 359 g/mol. The number of hydrogen-bond acceptors (Lipinski definition) is 3. The van der Waals surface area contributed by atoms with Crippen LogP contribution in [0.2, 0.25) is 10.0 Å². The number of rotatable bonds is 2. The first-order valence-electron chi connectivity index (χ1n) is 7.83. The van der Waals surface area contributed by atoms with E-state index in [1.165, 1.54) is 0 Å². The molecular formula is C18H16Cl2N4O. The highest BCUT2D eigenvalue weighted by molar-refractivity contribution is 6.36. The van der Waals surface area contributed by atoms with E-state index < -0.39 is 0 Å². The molecule has 2 amide bonds. The Morgan fingerprint density at radius 2 is 1.80 bits per heavy atom. The van der Waals surface area contributed by atoms with Crippen molar-refractivity contribution in [1.82, 2.24) is 4.90 Å². The minimum absolute atomic E-state index is 0.204. The van der Waals surface area contributed by atoms with Crippen LogP contribution < -0.4 is 10.2 Å². The molecule has 0 aromatic heterocycles. The molecule has 1 aliphatic heterocycles. The summed E-state index contributed by atoms with van der Waals surface area (Å²) in [6.07, 6.45) is 0. The van der Waals surface area contributed by atoms with Crippen LogP contribution in [0.15, 0.2) is 42.5 Å². The maximum Gasteiger partial charge on any atom is 0.322 e. The SMILES string of the molecule is N#Cc1ccccc1NC(=O)N1CCN(c2ccc(Cl)cc2Cl)CC1. The van der Waals surface area contributed by atoms with Crippen LogP contribution in [0.1, 0.15) is 5.56 Å². The second-order valence-corrected chi connectivity index (χ2v) is 6.50. The van der Waals surface area contributed by atoms with Crippen LogP contribution in [0.3, 0.4) is 0 Å². The van der Waals surface area contributed by atoms with Gasteiger partial charge in [-0.1, -0.05) is 35.3 Å². The molecule has 0 bridgehead atoms. The smallest absolute Gasteiger partial charge is 0.322 e. The fraction of sp³-hybridized carbons (Fsp3) is 0.222. The largest absolute Gasteiger partial charge is 0.367 e. The lowest BCUT2D eigenvalue weighted by molar-refractivity contribution is 0.208. The zero-order valence-corrected chi connectivity index (χ0v) is 14.9. The van der Waals surface area contributed by atoms with Gasteiger partial charge in [-0.2, -0.15) is 5.26 Å². The summed E-state index contributed by atoms with van der Waals surface area (Å²) < 4.78 is 0. The molecule has 2 aromatic rings. The number of piperazine rings is 1. The Morgan fingerprint density at radius 1 is 1.08 bits per heavy atom. The minimum atomic E-state index is -0.204. The Morgan fingerprint density at radius 3 is 2.48 bits per heavy atom. The monoisotopic (exact) mass is 374 g/mol. The van der Waals surface area contributed by atoms with Crippen LogP contribution in [0.5, 0.6) is 0 Å². The average Bonchev–Trinajstić information content (AvgIpc) is 2.62. The number of anilines is 2. The number of nitrogens with one attached hydrogen (secondary N) is 1. The Labute approximate surface area is 156 Å². The third-order valence-corrected chi connectivity index (χ3v) is 4.64. The predicted octanol–water partition coefficient (Wildman–Crippen LogP) is 4.22. The Balaban J connectivity index is 1.62. The van der Waals surface area contributed by atoms with Crippen molar-refractivity contribution in [3.8, 4) is 6.07 Å². The lowest BCUT2D eigenvalue weighted by atomic mass is 10.2. The summed E-state index contributed by atoms with van der Waals surface area (Å²) in [5, 5.41) is 13.1. The van der Waals surface area contributed by atoms with Gasteiger partial charge in [-0.25, -0.2) is 4.79 Å². The van der Waals surface area contributed by atoms with Crippen molar-refractivity contribution in [2.24, 2.45) is 0 Å². The van der Waals surface area contributed by atoms with Gasteiger partial charge in [0.1, 0.15) is 6.07 Å². The molecule has 0 saturated carbocycles. The first kappa shape index (κ1) is 17.4. The molecule has 1 saturated heterocycles. The van der Waals surface area contributed by atoms with E-state index in [9.17, 15) is 4.79 Å². The first-order valence-corrected chi connectivity index (χ1v) is 8.59. The number of urea groups is 1. The van der Waals surface area contributed by atoms with E-state index in [1.54, 1.807) is 41.3 Å². The van der Waals surface area contributed by atoms with Gasteiger partial charge in [0.2, 0.25) is 0 Å². The van der Waals surface area contributed by atoms with Crippen LogP contribution in [-0.2, 0) is 0 Å². The van der Waals surface area contributed by atoms with E-state index in [2.05, 4.69) is 16.3 Å². The van der Waals surface area contributed by atoms with Gasteiger partial charge >= 0.3 is 6.03 Å². The van der Waals surface area contributed by atoms with Crippen LogP contribution >= 0.6 is 23.2 Å². The maximum absolute atomic E-state index is 12.4. The van der Waals surface area contributed by atoms with Crippen LogP contribution in [0.25, 0.3) is 0 Å².